The Morgan fingerprint density at radius 3 is 2.67 bits per heavy atom. The van der Waals surface area contributed by atoms with E-state index in [1.54, 1.807) is 0 Å². The van der Waals surface area contributed by atoms with E-state index in [-0.39, 0.29) is 36.8 Å². The molecule has 0 atom stereocenters. The van der Waals surface area contributed by atoms with Crippen LogP contribution in [0.5, 0.6) is 11.5 Å². The maximum atomic E-state index is 11.6. The molecular formula is C11H14N2O5. The van der Waals surface area contributed by atoms with Gasteiger partial charge >= 0.3 is 0 Å². The lowest BCUT2D eigenvalue weighted by atomic mass is 10.2. The fraction of sp³-hybridized carbons (Fsp3) is 0.273. The Bertz CT molecular complexity index is 447. The number of rotatable bonds is 6. The van der Waals surface area contributed by atoms with Crippen molar-refractivity contribution in [2.24, 2.45) is 5.73 Å². The van der Waals surface area contributed by atoms with E-state index in [4.69, 9.17) is 15.6 Å². The van der Waals surface area contributed by atoms with Crippen molar-refractivity contribution >= 4 is 11.8 Å². The molecule has 18 heavy (non-hydrogen) atoms. The summed E-state index contributed by atoms with van der Waals surface area (Å²) in [6.07, 6.45) is 0. The zero-order valence-electron chi connectivity index (χ0n) is 9.55. The van der Waals surface area contributed by atoms with Crippen LogP contribution in [0.1, 0.15) is 10.4 Å². The molecule has 0 fully saturated rings. The predicted molar refractivity (Wildman–Crippen MR) is 62.1 cm³/mol. The van der Waals surface area contributed by atoms with Crippen LogP contribution in [0.25, 0.3) is 0 Å². The standard InChI is InChI=1S/C11H14N2O5/c12-10(16)6-18-4-3-13-11(17)8-2-1-7(14)5-9(8)15/h1-2,5,14-15H,3-4,6H2,(H2,12,16)(H,13,17). The summed E-state index contributed by atoms with van der Waals surface area (Å²) in [5.74, 6) is -1.54. The maximum Gasteiger partial charge on any atom is 0.255 e. The topological polar surface area (TPSA) is 122 Å². The number of nitrogens with two attached hydrogens (primary N) is 1. The molecule has 0 radical (unpaired) electrons. The number of carbonyl (C=O) groups excluding carboxylic acids is 2. The van der Waals surface area contributed by atoms with Crippen LogP contribution in [0.3, 0.4) is 0 Å². The van der Waals surface area contributed by atoms with Gasteiger partial charge in [0.1, 0.15) is 18.1 Å². The van der Waals surface area contributed by atoms with Gasteiger partial charge in [0, 0.05) is 12.6 Å². The highest BCUT2D eigenvalue weighted by atomic mass is 16.5. The molecule has 0 bridgehead atoms. The third-order valence-corrected chi connectivity index (χ3v) is 2.00. The average Bonchev–Trinajstić information content (AvgIpc) is 2.27. The second-order valence-corrected chi connectivity index (χ2v) is 3.48. The molecule has 7 nitrogen and oxygen atoms in total. The summed E-state index contributed by atoms with van der Waals surface area (Å²) in [4.78, 5) is 21.9. The Morgan fingerprint density at radius 1 is 1.33 bits per heavy atom. The average molecular weight is 254 g/mol. The first-order chi connectivity index (χ1) is 8.50. The molecule has 5 N–H and O–H groups in total. The molecule has 2 amide bonds. The van der Waals surface area contributed by atoms with Crippen LogP contribution in [0.4, 0.5) is 0 Å². The quantitative estimate of drug-likeness (QED) is 0.501. The lowest BCUT2D eigenvalue weighted by molar-refractivity contribution is -0.122. The number of benzene rings is 1. The molecule has 0 spiro atoms. The van der Waals surface area contributed by atoms with Gasteiger partial charge < -0.3 is 26.0 Å². The minimum absolute atomic E-state index is 0.0442. The third-order valence-electron chi connectivity index (χ3n) is 2.00. The van der Waals surface area contributed by atoms with Crippen molar-refractivity contribution in [2.45, 2.75) is 0 Å². The molecule has 1 aromatic rings. The summed E-state index contributed by atoms with van der Waals surface area (Å²) in [5.41, 5.74) is 4.90. The Kier molecular flexibility index (Phi) is 4.94. The molecule has 1 aromatic carbocycles. The summed E-state index contributed by atoms with van der Waals surface area (Å²) >= 11 is 0. The highest BCUT2D eigenvalue weighted by Crippen LogP contribution is 2.22. The second-order valence-electron chi connectivity index (χ2n) is 3.48. The molecule has 0 aromatic heterocycles. The zero-order chi connectivity index (χ0) is 13.5. The minimum Gasteiger partial charge on any atom is -0.508 e. The summed E-state index contributed by atoms with van der Waals surface area (Å²) < 4.78 is 4.84. The summed E-state index contributed by atoms with van der Waals surface area (Å²) in [5, 5.41) is 21.0. The number of hydrogen-bond acceptors (Lipinski definition) is 5. The lowest BCUT2D eigenvalue weighted by Gasteiger charge is -2.07. The zero-order valence-corrected chi connectivity index (χ0v) is 9.55. The van der Waals surface area contributed by atoms with Crippen LogP contribution in [-0.4, -0.2) is 41.8 Å². The fourth-order valence-corrected chi connectivity index (χ4v) is 1.22. The van der Waals surface area contributed by atoms with E-state index in [0.29, 0.717) is 0 Å². The number of ether oxygens (including phenoxy) is 1. The first kappa shape index (κ1) is 13.8. The van der Waals surface area contributed by atoms with Crippen LogP contribution < -0.4 is 11.1 Å². The highest BCUT2D eigenvalue weighted by Gasteiger charge is 2.10. The summed E-state index contributed by atoms with van der Waals surface area (Å²) in [6.45, 7) is 0.0975. The highest BCUT2D eigenvalue weighted by molar-refractivity contribution is 5.96. The van der Waals surface area contributed by atoms with Gasteiger partial charge in [-0.2, -0.15) is 0 Å². The SMILES string of the molecule is NC(=O)COCCNC(=O)c1ccc(O)cc1O. The molecule has 0 unspecified atom stereocenters. The first-order valence-corrected chi connectivity index (χ1v) is 5.17. The van der Waals surface area contributed by atoms with Crippen LogP contribution in [-0.2, 0) is 9.53 Å². The normalized spacial score (nSPS) is 10.0. The van der Waals surface area contributed by atoms with Gasteiger partial charge in [0.15, 0.2) is 0 Å². The molecule has 0 aliphatic rings. The number of amides is 2. The fourth-order valence-electron chi connectivity index (χ4n) is 1.22. The van der Waals surface area contributed by atoms with Crippen LogP contribution in [0.15, 0.2) is 18.2 Å². The number of primary amides is 1. The van der Waals surface area contributed by atoms with Gasteiger partial charge in [-0.3, -0.25) is 9.59 Å². The molecule has 98 valence electrons. The van der Waals surface area contributed by atoms with E-state index < -0.39 is 11.8 Å². The number of phenolic OH excluding ortho intramolecular Hbond substituents is 2. The molecule has 0 aliphatic carbocycles. The van der Waals surface area contributed by atoms with Crippen LogP contribution in [0, 0.1) is 0 Å². The van der Waals surface area contributed by atoms with Crippen molar-refractivity contribution in [3.8, 4) is 11.5 Å². The number of carbonyl (C=O) groups is 2. The van der Waals surface area contributed by atoms with E-state index in [0.717, 1.165) is 6.07 Å². The van der Waals surface area contributed by atoms with Crippen LogP contribution in [0.2, 0.25) is 0 Å². The molecule has 0 aliphatic heterocycles. The Morgan fingerprint density at radius 2 is 2.06 bits per heavy atom. The molecular weight excluding hydrogens is 240 g/mol. The number of aromatic hydroxyl groups is 2. The smallest absolute Gasteiger partial charge is 0.255 e. The van der Waals surface area contributed by atoms with E-state index in [9.17, 15) is 14.7 Å². The molecule has 1 rings (SSSR count). The van der Waals surface area contributed by atoms with Gasteiger partial charge in [0.2, 0.25) is 5.91 Å². The van der Waals surface area contributed by atoms with Gasteiger partial charge in [-0.1, -0.05) is 0 Å². The molecule has 0 saturated carbocycles. The Hall–Kier alpha value is -2.28. The first-order valence-electron chi connectivity index (χ1n) is 5.17. The van der Waals surface area contributed by atoms with Gasteiger partial charge in [-0.25, -0.2) is 0 Å². The largest absolute Gasteiger partial charge is 0.508 e. The van der Waals surface area contributed by atoms with Gasteiger partial charge in [0.25, 0.3) is 5.91 Å². The second kappa shape index (κ2) is 6.45. The van der Waals surface area contributed by atoms with E-state index in [2.05, 4.69) is 5.32 Å². The van der Waals surface area contributed by atoms with Gasteiger partial charge in [-0.15, -0.1) is 0 Å². The van der Waals surface area contributed by atoms with E-state index >= 15 is 0 Å². The van der Waals surface area contributed by atoms with Crippen LogP contribution >= 0.6 is 0 Å². The van der Waals surface area contributed by atoms with Crippen molar-refractivity contribution in [1.29, 1.82) is 0 Å². The van der Waals surface area contributed by atoms with Crippen molar-refractivity contribution in [2.75, 3.05) is 19.8 Å². The van der Waals surface area contributed by atoms with Gasteiger partial charge in [-0.05, 0) is 12.1 Å². The molecule has 7 heteroatoms. The van der Waals surface area contributed by atoms with Crippen molar-refractivity contribution in [1.82, 2.24) is 5.32 Å². The predicted octanol–water partition coefficient (Wildman–Crippen LogP) is -0.670. The van der Waals surface area contributed by atoms with Gasteiger partial charge in [0.05, 0.1) is 12.2 Å². The monoisotopic (exact) mass is 254 g/mol. The maximum absolute atomic E-state index is 11.6. The number of phenols is 2. The van der Waals surface area contributed by atoms with E-state index in [1.807, 2.05) is 0 Å². The number of nitrogens with one attached hydrogen (secondary N) is 1. The molecule has 0 saturated heterocycles. The minimum atomic E-state index is -0.586. The Labute approximate surface area is 103 Å². The molecule has 0 heterocycles. The lowest BCUT2D eigenvalue weighted by Crippen LogP contribution is -2.28. The summed E-state index contributed by atoms with van der Waals surface area (Å²) in [6, 6.07) is 3.65. The van der Waals surface area contributed by atoms with Crippen molar-refractivity contribution < 1.29 is 24.5 Å². The number of hydrogen-bond donors (Lipinski definition) is 4. The van der Waals surface area contributed by atoms with E-state index in [1.165, 1.54) is 12.1 Å². The Balaban J connectivity index is 2.39. The van der Waals surface area contributed by atoms with Crippen molar-refractivity contribution in [3.05, 3.63) is 23.8 Å². The summed E-state index contributed by atoms with van der Waals surface area (Å²) in [7, 11) is 0. The van der Waals surface area contributed by atoms with Crippen molar-refractivity contribution in [3.63, 3.8) is 0 Å². The third kappa shape index (κ3) is 4.30.